The van der Waals surface area contributed by atoms with Gasteiger partial charge in [0.15, 0.2) is 5.13 Å². The number of rotatable bonds is 3. The van der Waals surface area contributed by atoms with Crippen LogP contribution in [0.4, 0.5) is 5.13 Å². The topological polar surface area (TPSA) is 42.0 Å². The van der Waals surface area contributed by atoms with Gasteiger partial charge in [-0.25, -0.2) is 4.98 Å². The van der Waals surface area contributed by atoms with Crippen molar-refractivity contribution in [1.82, 2.24) is 4.98 Å². The first kappa shape index (κ1) is 9.48. The Morgan fingerprint density at radius 1 is 1.83 bits per heavy atom. The van der Waals surface area contributed by atoms with Gasteiger partial charge in [-0.15, -0.1) is 22.9 Å². The van der Waals surface area contributed by atoms with Gasteiger partial charge in [0.2, 0.25) is 5.91 Å². The fraction of sp³-hybridized carbons (Fsp3) is 0.429. The second-order valence-corrected chi connectivity index (χ2v) is 3.75. The molecule has 0 radical (unpaired) electrons. The highest BCUT2D eigenvalue weighted by Gasteiger charge is 2.01. The molecule has 0 spiro atoms. The molecule has 5 heteroatoms. The average Bonchev–Trinajstić information content (AvgIpc) is 2.36. The van der Waals surface area contributed by atoms with Crippen LogP contribution in [0.3, 0.4) is 0 Å². The highest BCUT2D eigenvalue weighted by atomic mass is 35.5. The van der Waals surface area contributed by atoms with Crippen LogP contribution in [0.2, 0.25) is 0 Å². The first-order chi connectivity index (χ1) is 5.72. The van der Waals surface area contributed by atoms with E-state index in [1.54, 1.807) is 6.20 Å². The third kappa shape index (κ3) is 2.79. The summed E-state index contributed by atoms with van der Waals surface area (Å²) in [4.78, 5) is 15.7. The third-order valence-electron chi connectivity index (χ3n) is 1.18. The number of aryl methyl sites for hydroxylation is 1. The monoisotopic (exact) mass is 204 g/mol. The molecule has 1 rings (SSSR count). The lowest BCUT2D eigenvalue weighted by Crippen LogP contribution is -2.04. The van der Waals surface area contributed by atoms with Crippen molar-refractivity contribution in [2.45, 2.75) is 13.3 Å². The summed E-state index contributed by atoms with van der Waals surface area (Å²) in [5.41, 5.74) is 0. The van der Waals surface area contributed by atoms with E-state index in [1.807, 2.05) is 0 Å². The third-order valence-corrected chi connectivity index (χ3v) is 2.34. The molecule has 0 saturated carbocycles. The summed E-state index contributed by atoms with van der Waals surface area (Å²) in [6, 6.07) is 0. The zero-order valence-corrected chi connectivity index (χ0v) is 8.21. The molecule has 0 unspecified atom stereocenters. The normalized spacial score (nSPS) is 9.83. The van der Waals surface area contributed by atoms with Gasteiger partial charge in [-0.3, -0.25) is 4.79 Å². The van der Waals surface area contributed by atoms with Gasteiger partial charge >= 0.3 is 0 Å². The van der Waals surface area contributed by atoms with Crippen molar-refractivity contribution in [2.75, 3.05) is 11.2 Å². The van der Waals surface area contributed by atoms with Crippen LogP contribution in [0.25, 0.3) is 0 Å². The van der Waals surface area contributed by atoms with Crippen molar-refractivity contribution < 1.29 is 4.79 Å². The van der Waals surface area contributed by atoms with Crippen LogP contribution in [0, 0.1) is 0 Å². The molecule has 0 fully saturated rings. The standard InChI is InChI=1S/C7H9ClN2OS/c1-5(11)10-7-9-4-6(12-7)2-3-8/h4H,2-3H2,1H3,(H,9,10,11). The molecule has 0 saturated heterocycles. The van der Waals surface area contributed by atoms with Gasteiger partial charge < -0.3 is 5.32 Å². The number of halogens is 1. The van der Waals surface area contributed by atoms with Gasteiger partial charge in [-0.2, -0.15) is 0 Å². The molecular weight excluding hydrogens is 196 g/mol. The lowest BCUT2D eigenvalue weighted by Gasteiger charge is -1.92. The predicted octanol–water partition coefficient (Wildman–Crippen LogP) is 1.88. The molecule has 12 heavy (non-hydrogen) atoms. The highest BCUT2D eigenvalue weighted by molar-refractivity contribution is 7.15. The molecule has 0 bridgehead atoms. The zero-order chi connectivity index (χ0) is 8.97. The van der Waals surface area contributed by atoms with Crippen LogP contribution in [-0.2, 0) is 11.2 Å². The summed E-state index contributed by atoms with van der Waals surface area (Å²) in [6.45, 7) is 1.46. The lowest BCUT2D eigenvalue weighted by atomic mass is 10.4. The maximum Gasteiger partial charge on any atom is 0.223 e. The van der Waals surface area contributed by atoms with Gasteiger partial charge in [0.1, 0.15) is 0 Å². The number of thiazole rings is 1. The van der Waals surface area contributed by atoms with Gasteiger partial charge in [-0.1, -0.05) is 0 Å². The van der Waals surface area contributed by atoms with E-state index >= 15 is 0 Å². The van der Waals surface area contributed by atoms with Crippen molar-refractivity contribution in [1.29, 1.82) is 0 Å². The van der Waals surface area contributed by atoms with Gasteiger partial charge in [0.05, 0.1) is 0 Å². The first-order valence-electron chi connectivity index (χ1n) is 3.50. The molecule has 0 aliphatic rings. The van der Waals surface area contributed by atoms with E-state index in [2.05, 4.69) is 10.3 Å². The van der Waals surface area contributed by atoms with Crippen LogP contribution in [-0.4, -0.2) is 16.8 Å². The summed E-state index contributed by atoms with van der Waals surface area (Å²) in [5, 5.41) is 3.25. The molecule has 3 nitrogen and oxygen atoms in total. The Morgan fingerprint density at radius 3 is 3.17 bits per heavy atom. The number of amides is 1. The molecule has 0 aromatic carbocycles. The van der Waals surface area contributed by atoms with E-state index in [9.17, 15) is 4.79 Å². The Bertz CT molecular complexity index is 274. The van der Waals surface area contributed by atoms with Crippen molar-refractivity contribution in [3.63, 3.8) is 0 Å². The molecule has 1 aromatic rings. The number of hydrogen-bond donors (Lipinski definition) is 1. The molecule has 1 amide bonds. The Morgan fingerprint density at radius 2 is 2.58 bits per heavy atom. The number of carbonyl (C=O) groups excluding carboxylic acids is 1. The van der Waals surface area contributed by atoms with Gasteiger partial charge in [0.25, 0.3) is 0 Å². The van der Waals surface area contributed by atoms with E-state index < -0.39 is 0 Å². The number of nitrogens with one attached hydrogen (secondary N) is 1. The second-order valence-electron chi connectivity index (χ2n) is 2.25. The fourth-order valence-electron chi connectivity index (χ4n) is 0.725. The summed E-state index contributed by atoms with van der Waals surface area (Å²) in [6.07, 6.45) is 2.54. The molecule has 1 N–H and O–H groups in total. The second kappa shape index (κ2) is 4.42. The molecule has 66 valence electrons. The van der Waals surface area contributed by atoms with Crippen LogP contribution in [0.5, 0.6) is 0 Å². The van der Waals surface area contributed by atoms with Crippen molar-refractivity contribution in [2.24, 2.45) is 0 Å². The van der Waals surface area contributed by atoms with Gasteiger partial charge in [0, 0.05) is 23.9 Å². The number of nitrogens with zero attached hydrogens (tertiary/aromatic N) is 1. The largest absolute Gasteiger partial charge is 0.302 e. The fourth-order valence-corrected chi connectivity index (χ4v) is 1.90. The van der Waals surface area contributed by atoms with Crippen LogP contribution >= 0.6 is 22.9 Å². The van der Waals surface area contributed by atoms with E-state index in [0.29, 0.717) is 11.0 Å². The molecule has 1 aromatic heterocycles. The number of aromatic nitrogens is 1. The summed E-state index contributed by atoms with van der Waals surface area (Å²) < 4.78 is 0. The maximum atomic E-state index is 10.6. The molecular formula is C7H9ClN2OS. The highest BCUT2D eigenvalue weighted by Crippen LogP contribution is 2.18. The smallest absolute Gasteiger partial charge is 0.223 e. The number of anilines is 1. The first-order valence-corrected chi connectivity index (χ1v) is 4.85. The van der Waals surface area contributed by atoms with E-state index in [1.165, 1.54) is 18.3 Å². The van der Waals surface area contributed by atoms with Crippen LogP contribution in [0.1, 0.15) is 11.8 Å². The quantitative estimate of drug-likeness (QED) is 0.764. The summed E-state index contributed by atoms with van der Waals surface area (Å²) in [7, 11) is 0. The van der Waals surface area contributed by atoms with Crippen molar-refractivity contribution >= 4 is 34.0 Å². The van der Waals surface area contributed by atoms with Crippen molar-refractivity contribution in [3.05, 3.63) is 11.1 Å². The predicted molar refractivity (Wildman–Crippen MR) is 50.8 cm³/mol. The Hall–Kier alpha value is -0.610. The molecule has 0 aliphatic carbocycles. The summed E-state index contributed by atoms with van der Waals surface area (Å²) in [5.74, 6) is 0.489. The number of hydrogen-bond acceptors (Lipinski definition) is 3. The Kier molecular flexibility index (Phi) is 3.49. The molecule has 0 aliphatic heterocycles. The van der Waals surface area contributed by atoms with Crippen molar-refractivity contribution in [3.8, 4) is 0 Å². The lowest BCUT2D eigenvalue weighted by molar-refractivity contribution is -0.114. The van der Waals surface area contributed by atoms with Crippen LogP contribution < -0.4 is 5.32 Å². The van der Waals surface area contributed by atoms with E-state index in [-0.39, 0.29) is 5.91 Å². The zero-order valence-electron chi connectivity index (χ0n) is 6.63. The SMILES string of the molecule is CC(=O)Nc1ncc(CCCl)s1. The Labute approximate surface area is 79.8 Å². The van der Waals surface area contributed by atoms with Crippen LogP contribution in [0.15, 0.2) is 6.20 Å². The van der Waals surface area contributed by atoms with Gasteiger partial charge in [-0.05, 0) is 6.42 Å². The molecule has 1 heterocycles. The minimum atomic E-state index is -0.0956. The Balaban J connectivity index is 2.58. The summed E-state index contributed by atoms with van der Waals surface area (Å²) >= 11 is 7.00. The van der Waals surface area contributed by atoms with E-state index in [4.69, 9.17) is 11.6 Å². The molecule has 0 atom stereocenters. The van der Waals surface area contributed by atoms with E-state index in [0.717, 1.165) is 11.3 Å². The minimum Gasteiger partial charge on any atom is -0.302 e. The average molecular weight is 205 g/mol. The number of alkyl halides is 1. The maximum absolute atomic E-state index is 10.6. The number of carbonyl (C=O) groups is 1. The minimum absolute atomic E-state index is 0.0956.